The molecular weight excluding hydrogens is 322 g/mol. The van der Waals surface area contributed by atoms with E-state index in [0.29, 0.717) is 0 Å². The van der Waals surface area contributed by atoms with Crippen LogP contribution >= 0.6 is 0 Å². The molecule has 0 fully saturated rings. The first kappa shape index (κ1) is 19.9. The number of carbonyl (C=O) groups excluding carboxylic acids is 1. The molecule has 3 nitrogen and oxygen atoms in total. The number of esters is 1. The van der Waals surface area contributed by atoms with E-state index in [0.717, 1.165) is 13.1 Å². The van der Waals surface area contributed by atoms with Crippen molar-refractivity contribution in [3.8, 4) is 0 Å². The zero-order chi connectivity index (χ0) is 19.0. The summed E-state index contributed by atoms with van der Waals surface area (Å²) in [6, 6.07) is 20.9. The lowest BCUT2D eigenvalue weighted by molar-refractivity contribution is -0.148. The van der Waals surface area contributed by atoms with Crippen LogP contribution in [0, 0.1) is 0 Å². The summed E-state index contributed by atoms with van der Waals surface area (Å²) in [6.45, 7) is 9.36. The Bertz CT molecular complexity index is 660. The number of hydrogen-bond donors (Lipinski definition) is 0. The van der Waals surface area contributed by atoms with Gasteiger partial charge in [0.1, 0.15) is 5.60 Å². The summed E-state index contributed by atoms with van der Waals surface area (Å²) in [5, 5.41) is 0. The Morgan fingerprint density at radius 3 is 1.85 bits per heavy atom. The molecule has 0 aliphatic rings. The normalized spacial score (nSPS) is 13.1. The summed E-state index contributed by atoms with van der Waals surface area (Å²) in [4.78, 5) is 14.3. The van der Waals surface area contributed by atoms with E-state index in [1.54, 1.807) is 6.08 Å². The Hall–Kier alpha value is -2.39. The monoisotopic (exact) mass is 351 g/mol. The van der Waals surface area contributed by atoms with Gasteiger partial charge in [0.05, 0.1) is 0 Å². The van der Waals surface area contributed by atoms with Crippen molar-refractivity contribution in [1.29, 1.82) is 0 Å². The highest BCUT2D eigenvalue weighted by molar-refractivity contribution is 5.82. The van der Waals surface area contributed by atoms with Gasteiger partial charge in [-0.05, 0) is 38.8 Å². The average molecular weight is 351 g/mol. The van der Waals surface area contributed by atoms with Gasteiger partial charge in [-0.3, -0.25) is 4.90 Å². The molecule has 0 aromatic heterocycles. The van der Waals surface area contributed by atoms with Crippen LogP contribution in [0.15, 0.2) is 72.8 Å². The van der Waals surface area contributed by atoms with E-state index in [9.17, 15) is 4.79 Å². The first-order chi connectivity index (χ1) is 12.3. The van der Waals surface area contributed by atoms with Crippen LogP contribution in [0.4, 0.5) is 0 Å². The number of ether oxygens (including phenoxy) is 1. The van der Waals surface area contributed by atoms with E-state index in [1.807, 2.05) is 39.0 Å². The quantitative estimate of drug-likeness (QED) is 0.521. The molecule has 2 aromatic carbocycles. The van der Waals surface area contributed by atoms with Gasteiger partial charge in [0.25, 0.3) is 0 Å². The van der Waals surface area contributed by atoms with Crippen LogP contribution in [0.25, 0.3) is 0 Å². The number of hydrogen-bond acceptors (Lipinski definition) is 3. The lowest BCUT2D eigenvalue weighted by Gasteiger charge is -2.27. The standard InChI is InChI=1S/C23H29NO2/c1-19(15-16-22(25)26-23(2,3)4)24(17-20-11-7-5-8-12-20)18-21-13-9-6-10-14-21/h5-16,19H,17-18H2,1-4H3/b16-15-/t19-/m0/s1. The topological polar surface area (TPSA) is 29.5 Å². The third-order valence-corrected chi connectivity index (χ3v) is 3.95. The average Bonchev–Trinajstić information content (AvgIpc) is 2.59. The van der Waals surface area contributed by atoms with Crippen molar-refractivity contribution in [2.24, 2.45) is 0 Å². The number of rotatable bonds is 7. The SMILES string of the molecule is C[C@@H](/C=C\C(=O)OC(C)(C)C)N(Cc1ccccc1)Cc1ccccc1. The van der Waals surface area contributed by atoms with E-state index in [4.69, 9.17) is 4.74 Å². The van der Waals surface area contributed by atoms with Gasteiger partial charge in [-0.15, -0.1) is 0 Å². The zero-order valence-corrected chi connectivity index (χ0v) is 16.2. The minimum Gasteiger partial charge on any atom is -0.457 e. The maximum Gasteiger partial charge on any atom is 0.330 e. The first-order valence-electron chi connectivity index (χ1n) is 9.06. The van der Waals surface area contributed by atoms with Gasteiger partial charge in [0.15, 0.2) is 0 Å². The van der Waals surface area contributed by atoms with Crippen molar-refractivity contribution in [3.63, 3.8) is 0 Å². The fourth-order valence-electron chi connectivity index (χ4n) is 2.66. The molecule has 2 aromatic rings. The molecule has 0 unspecified atom stereocenters. The van der Waals surface area contributed by atoms with E-state index in [1.165, 1.54) is 11.1 Å². The van der Waals surface area contributed by atoms with Crippen LogP contribution in [0.3, 0.4) is 0 Å². The van der Waals surface area contributed by atoms with Gasteiger partial charge < -0.3 is 4.74 Å². The molecule has 0 N–H and O–H groups in total. The van der Waals surface area contributed by atoms with Gasteiger partial charge in [-0.1, -0.05) is 66.7 Å². The molecule has 0 saturated heterocycles. The Balaban J connectivity index is 2.10. The molecule has 0 radical (unpaired) electrons. The second-order valence-electron chi connectivity index (χ2n) is 7.51. The fourth-order valence-corrected chi connectivity index (χ4v) is 2.66. The van der Waals surface area contributed by atoms with Gasteiger partial charge >= 0.3 is 5.97 Å². The number of carbonyl (C=O) groups is 1. The van der Waals surface area contributed by atoms with Crippen molar-refractivity contribution in [1.82, 2.24) is 4.90 Å². The van der Waals surface area contributed by atoms with Crippen molar-refractivity contribution >= 4 is 5.97 Å². The number of nitrogens with zero attached hydrogens (tertiary/aromatic N) is 1. The van der Waals surface area contributed by atoms with Crippen LogP contribution < -0.4 is 0 Å². The molecule has 0 aliphatic carbocycles. The van der Waals surface area contributed by atoms with Crippen molar-refractivity contribution in [2.75, 3.05) is 0 Å². The zero-order valence-electron chi connectivity index (χ0n) is 16.2. The maximum atomic E-state index is 12.0. The highest BCUT2D eigenvalue weighted by atomic mass is 16.6. The van der Waals surface area contributed by atoms with E-state index in [2.05, 4.69) is 60.4 Å². The minimum atomic E-state index is -0.474. The summed E-state index contributed by atoms with van der Waals surface area (Å²) < 4.78 is 5.36. The van der Waals surface area contributed by atoms with Crippen LogP contribution in [-0.4, -0.2) is 22.5 Å². The lowest BCUT2D eigenvalue weighted by atomic mass is 10.1. The van der Waals surface area contributed by atoms with E-state index >= 15 is 0 Å². The molecule has 26 heavy (non-hydrogen) atoms. The van der Waals surface area contributed by atoms with Crippen LogP contribution in [-0.2, 0) is 22.6 Å². The predicted octanol–water partition coefficient (Wildman–Crippen LogP) is 4.98. The molecule has 0 bridgehead atoms. The molecule has 1 atom stereocenters. The van der Waals surface area contributed by atoms with Gasteiger partial charge in [0, 0.05) is 25.2 Å². The second-order valence-corrected chi connectivity index (χ2v) is 7.51. The Kier molecular flexibility index (Phi) is 7.16. The highest BCUT2D eigenvalue weighted by Gasteiger charge is 2.16. The largest absolute Gasteiger partial charge is 0.457 e. The summed E-state index contributed by atoms with van der Waals surface area (Å²) in [6.07, 6.45) is 3.46. The summed E-state index contributed by atoms with van der Waals surface area (Å²) in [7, 11) is 0. The Labute approximate surface area is 157 Å². The third kappa shape index (κ3) is 7.24. The molecule has 0 spiro atoms. The minimum absolute atomic E-state index is 0.0999. The molecular formula is C23H29NO2. The molecule has 0 heterocycles. The van der Waals surface area contributed by atoms with E-state index < -0.39 is 5.60 Å². The number of benzene rings is 2. The molecule has 0 amide bonds. The molecule has 3 heteroatoms. The fraction of sp³-hybridized carbons (Fsp3) is 0.348. The molecule has 0 saturated carbocycles. The van der Waals surface area contributed by atoms with Crippen LogP contribution in [0.5, 0.6) is 0 Å². The molecule has 0 aliphatic heterocycles. The highest BCUT2D eigenvalue weighted by Crippen LogP contribution is 2.15. The van der Waals surface area contributed by atoms with Crippen LogP contribution in [0.1, 0.15) is 38.8 Å². The third-order valence-electron chi connectivity index (χ3n) is 3.95. The molecule has 138 valence electrons. The Morgan fingerprint density at radius 1 is 0.962 bits per heavy atom. The van der Waals surface area contributed by atoms with Gasteiger partial charge in [-0.25, -0.2) is 4.79 Å². The maximum absolute atomic E-state index is 12.0. The van der Waals surface area contributed by atoms with Crippen LogP contribution in [0.2, 0.25) is 0 Å². The van der Waals surface area contributed by atoms with Crippen molar-refractivity contribution in [3.05, 3.63) is 83.9 Å². The summed E-state index contributed by atoms with van der Waals surface area (Å²) >= 11 is 0. The van der Waals surface area contributed by atoms with E-state index in [-0.39, 0.29) is 12.0 Å². The van der Waals surface area contributed by atoms with Gasteiger partial charge in [-0.2, -0.15) is 0 Å². The van der Waals surface area contributed by atoms with Crippen molar-refractivity contribution < 1.29 is 9.53 Å². The first-order valence-corrected chi connectivity index (χ1v) is 9.06. The summed E-state index contributed by atoms with van der Waals surface area (Å²) in [5.41, 5.74) is 2.03. The smallest absolute Gasteiger partial charge is 0.330 e. The lowest BCUT2D eigenvalue weighted by Crippen LogP contribution is -2.31. The Morgan fingerprint density at radius 2 is 1.42 bits per heavy atom. The summed E-state index contributed by atoms with van der Waals surface area (Å²) in [5.74, 6) is -0.302. The second kappa shape index (κ2) is 9.35. The predicted molar refractivity (Wildman–Crippen MR) is 107 cm³/mol. The van der Waals surface area contributed by atoms with Crippen molar-refractivity contribution in [2.45, 2.75) is 52.4 Å². The van der Waals surface area contributed by atoms with Gasteiger partial charge in [0.2, 0.25) is 0 Å². The molecule has 2 rings (SSSR count).